The summed E-state index contributed by atoms with van der Waals surface area (Å²) < 4.78 is 10.4. The first kappa shape index (κ1) is 16.8. The Labute approximate surface area is 148 Å². The zero-order valence-electron chi connectivity index (χ0n) is 13.0. The Morgan fingerprint density at radius 3 is 2.64 bits per heavy atom. The highest BCUT2D eigenvalue weighted by molar-refractivity contribution is 6.35. The number of hydrogen-bond donors (Lipinski definition) is 2. The van der Waals surface area contributed by atoms with Gasteiger partial charge in [-0.25, -0.2) is 5.43 Å². The average molecular weight is 360 g/mol. The number of hydrazone groups is 1. The van der Waals surface area contributed by atoms with Gasteiger partial charge in [-0.2, -0.15) is 5.10 Å². The van der Waals surface area contributed by atoms with Crippen LogP contribution >= 0.6 is 11.6 Å². The van der Waals surface area contributed by atoms with Crippen molar-refractivity contribution in [1.82, 2.24) is 10.7 Å². The van der Waals surface area contributed by atoms with Gasteiger partial charge in [-0.05, 0) is 41.5 Å². The van der Waals surface area contributed by atoms with Crippen molar-refractivity contribution in [3.63, 3.8) is 0 Å². The van der Waals surface area contributed by atoms with Gasteiger partial charge in [0.25, 0.3) is 0 Å². The van der Waals surface area contributed by atoms with Gasteiger partial charge in [-0.15, -0.1) is 0 Å². The molecule has 0 aromatic heterocycles. The van der Waals surface area contributed by atoms with Crippen molar-refractivity contribution in [1.29, 1.82) is 0 Å². The molecule has 1 heterocycles. The van der Waals surface area contributed by atoms with Crippen LogP contribution in [0.4, 0.5) is 0 Å². The van der Waals surface area contributed by atoms with Crippen molar-refractivity contribution >= 4 is 29.6 Å². The topological polar surface area (TPSA) is 89.0 Å². The molecule has 0 bridgehead atoms. The van der Waals surface area contributed by atoms with Gasteiger partial charge in [0.2, 0.25) is 6.79 Å². The molecule has 0 saturated carbocycles. The summed E-state index contributed by atoms with van der Waals surface area (Å²) in [7, 11) is 0. The zero-order valence-corrected chi connectivity index (χ0v) is 13.7. The molecular formula is C17H14ClN3O4. The molecule has 2 aromatic rings. The zero-order chi connectivity index (χ0) is 17.6. The minimum atomic E-state index is -0.856. The van der Waals surface area contributed by atoms with Crippen molar-refractivity contribution in [2.75, 3.05) is 6.79 Å². The number of benzene rings is 2. The number of ether oxygens (including phenoxy) is 2. The third kappa shape index (κ3) is 4.48. The predicted octanol–water partition coefficient (Wildman–Crippen LogP) is 1.84. The average Bonchev–Trinajstić information content (AvgIpc) is 3.08. The molecule has 0 saturated heterocycles. The highest BCUT2D eigenvalue weighted by Crippen LogP contribution is 2.31. The largest absolute Gasteiger partial charge is 0.454 e. The SMILES string of the molecule is O=C(NCc1ccc(Cl)cc1)C(=O)N/N=C/c1ccc2c(c1)OCO2. The Morgan fingerprint density at radius 2 is 1.84 bits per heavy atom. The molecule has 25 heavy (non-hydrogen) atoms. The van der Waals surface area contributed by atoms with Crippen LogP contribution in [0.5, 0.6) is 11.5 Å². The fraction of sp³-hybridized carbons (Fsp3) is 0.118. The normalized spacial score (nSPS) is 12.2. The van der Waals surface area contributed by atoms with Crippen molar-refractivity contribution in [3.05, 3.63) is 58.6 Å². The fourth-order valence-electron chi connectivity index (χ4n) is 2.07. The maximum absolute atomic E-state index is 11.7. The number of halogens is 1. The highest BCUT2D eigenvalue weighted by Gasteiger charge is 2.13. The summed E-state index contributed by atoms with van der Waals surface area (Å²) in [5.74, 6) is -0.373. The number of hydrogen-bond acceptors (Lipinski definition) is 5. The van der Waals surface area contributed by atoms with Crippen LogP contribution in [0, 0.1) is 0 Å². The van der Waals surface area contributed by atoms with Crippen LogP contribution in [0.1, 0.15) is 11.1 Å². The molecule has 128 valence electrons. The molecule has 0 spiro atoms. The minimum absolute atomic E-state index is 0.181. The molecule has 7 nitrogen and oxygen atoms in total. The first-order valence-electron chi connectivity index (χ1n) is 7.37. The Bertz CT molecular complexity index is 821. The summed E-state index contributed by atoms with van der Waals surface area (Å²) in [6, 6.07) is 12.2. The molecule has 1 aliphatic heterocycles. The molecule has 2 N–H and O–H groups in total. The lowest BCUT2D eigenvalue weighted by molar-refractivity contribution is -0.139. The lowest BCUT2D eigenvalue weighted by Crippen LogP contribution is -2.37. The van der Waals surface area contributed by atoms with Crippen LogP contribution in [-0.2, 0) is 16.1 Å². The predicted molar refractivity (Wildman–Crippen MR) is 91.6 cm³/mol. The Hall–Kier alpha value is -3.06. The van der Waals surface area contributed by atoms with Crippen molar-refractivity contribution in [3.8, 4) is 11.5 Å². The number of rotatable bonds is 4. The van der Waals surface area contributed by atoms with E-state index in [1.807, 2.05) is 0 Å². The molecule has 0 aliphatic carbocycles. The monoisotopic (exact) mass is 359 g/mol. The van der Waals surface area contributed by atoms with Crippen LogP contribution in [0.25, 0.3) is 0 Å². The van der Waals surface area contributed by atoms with Crippen LogP contribution in [0.2, 0.25) is 5.02 Å². The third-order valence-corrected chi connectivity index (χ3v) is 3.60. The lowest BCUT2D eigenvalue weighted by Gasteiger charge is -2.04. The Balaban J connectivity index is 1.48. The second-order valence-electron chi connectivity index (χ2n) is 5.12. The van der Waals surface area contributed by atoms with E-state index in [4.69, 9.17) is 21.1 Å². The van der Waals surface area contributed by atoms with Gasteiger partial charge in [0, 0.05) is 11.6 Å². The van der Waals surface area contributed by atoms with Gasteiger partial charge >= 0.3 is 11.8 Å². The van der Waals surface area contributed by atoms with Gasteiger partial charge in [-0.1, -0.05) is 23.7 Å². The van der Waals surface area contributed by atoms with Gasteiger partial charge in [0.05, 0.1) is 6.21 Å². The Morgan fingerprint density at radius 1 is 1.08 bits per heavy atom. The molecular weight excluding hydrogens is 346 g/mol. The maximum Gasteiger partial charge on any atom is 0.329 e. The summed E-state index contributed by atoms with van der Waals surface area (Å²) in [4.78, 5) is 23.4. The molecule has 2 aromatic carbocycles. The van der Waals surface area contributed by atoms with Crippen LogP contribution < -0.4 is 20.2 Å². The van der Waals surface area contributed by atoms with E-state index in [-0.39, 0.29) is 13.3 Å². The summed E-state index contributed by atoms with van der Waals surface area (Å²) in [5, 5.41) is 6.85. The number of nitrogens with one attached hydrogen (secondary N) is 2. The Kier molecular flexibility index (Phi) is 5.15. The molecule has 8 heteroatoms. The standard InChI is InChI=1S/C17H14ClN3O4/c18-13-4-1-11(2-5-13)8-19-16(22)17(23)21-20-9-12-3-6-14-15(7-12)25-10-24-14/h1-7,9H,8,10H2,(H,19,22)(H,21,23)/b20-9+. The lowest BCUT2D eigenvalue weighted by atomic mass is 10.2. The number of amides is 2. The van der Waals surface area contributed by atoms with E-state index in [0.717, 1.165) is 5.56 Å². The van der Waals surface area contributed by atoms with Crippen molar-refractivity contribution in [2.45, 2.75) is 6.54 Å². The first-order valence-corrected chi connectivity index (χ1v) is 7.75. The van der Waals surface area contributed by atoms with E-state index in [0.29, 0.717) is 22.1 Å². The summed E-state index contributed by atoms with van der Waals surface area (Å²) in [6.07, 6.45) is 1.41. The third-order valence-electron chi connectivity index (χ3n) is 3.35. The molecule has 0 unspecified atom stereocenters. The molecule has 2 amide bonds. The van der Waals surface area contributed by atoms with E-state index in [9.17, 15) is 9.59 Å². The number of carbonyl (C=O) groups excluding carboxylic acids is 2. The summed E-state index contributed by atoms with van der Waals surface area (Å²) in [5.41, 5.74) is 3.70. The van der Waals surface area contributed by atoms with E-state index in [2.05, 4.69) is 15.8 Å². The molecule has 1 aliphatic rings. The first-order chi connectivity index (χ1) is 12.1. The second kappa shape index (κ2) is 7.67. The molecule has 3 rings (SSSR count). The quantitative estimate of drug-likeness (QED) is 0.495. The minimum Gasteiger partial charge on any atom is -0.454 e. The van der Waals surface area contributed by atoms with E-state index in [1.54, 1.807) is 42.5 Å². The van der Waals surface area contributed by atoms with Gasteiger partial charge < -0.3 is 14.8 Å². The molecule has 0 atom stereocenters. The van der Waals surface area contributed by atoms with E-state index < -0.39 is 11.8 Å². The number of fused-ring (bicyclic) bond motifs is 1. The van der Waals surface area contributed by atoms with Crippen LogP contribution in [0.3, 0.4) is 0 Å². The number of nitrogens with zero attached hydrogens (tertiary/aromatic N) is 1. The summed E-state index contributed by atoms with van der Waals surface area (Å²) >= 11 is 5.78. The smallest absolute Gasteiger partial charge is 0.329 e. The van der Waals surface area contributed by atoms with Gasteiger partial charge in [0.15, 0.2) is 11.5 Å². The van der Waals surface area contributed by atoms with Crippen molar-refractivity contribution in [2.24, 2.45) is 5.10 Å². The second-order valence-corrected chi connectivity index (χ2v) is 5.56. The van der Waals surface area contributed by atoms with Gasteiger partial charge in [-0.3, -0.25) is 9.59 Å². The molecule has 0 fully saturated rings. The van der Waals surface area contributed by atoms with Crippen molar-refractivity contribution < 1.29 is 19.1 Å². The summed E-state index contributed by atoms with van der Waals surface area (Å²) in [6.45, 7) is 0.399. The van der Waals surface area contributed by atoms with E-state index in [1.165, 1.54) is 6.21 Å². The fourth-order valence-corrected chi connectivity index (χ4v) is 2.20. The van der Waals surface area contributed by atoms with Gasteiger partial charge in [0.1, 0.15) is 0 Å². The van der Waals surface area contributed by atoms with Crippen LogP contribution in [0.15, 0.2) is 47.6 Å². The highest BCUT2D eigenvalue weighted by atomic mass is 35.5. The molecule has 0 radical (unpaired) electrons. The maximum atomic E-state index is 11.7. The number of carbonyl (C=O) groups is 2. The van der Waals surface area contributed by atoms with Crippen LogP contribution in [-0.4, -0.2) is 24.8 Å². The van der Waals surface area contributed by atoms with E-state index >= 15 is 0 Å².